The molecular weight excluding hydrogens is 310 g/mol. The highest BCUT2D eigenvalue weighted by Crippen LogP contribution is 2.36. The van der Waals surface area contributed by atoms with E-state index in [2.05, 4.69) is 4.98 Å². The van der Waals surface area contributed by atoms with Crippen LogP contribution < -0.4 is 0 Å². The van der Waals surface area contributed by atoms with Gasteiger partial charge in [0.25, 0.3) is 17.5 Å². The molecule has 0 saturated carbocycles. The summed E-state index contributed by atoms with van der Waals surface area (Å²) in [6, 6.07) is 5.74. The molecule has 2 amide bonds. The van der Waals surface area contributed by atoms with Crippen LogP contribution in [0.2, 0.25) is 5.02 Å². The van der Waals surface area contributed by atoms with Gasteiger partial charge in [-0.25, -0.2) is 0 Å². The summed E-state index contributed by atoms with van der Waals surface area (Å²) in [7, 11) is 0. The zero-order chi connectivity index (χ0) is 15.9. The highest BCUT2D eigenvalue weighted by molar-refractivity contribution is 6.37. The van der Waals surface area contributed by atoms with Crippen LogP contribution in [-0.4, -0.2) is 26.6 Å². The third-order valence-electron chi connectivity index (χ3n) is 3.31. The Bertz CT molecular complexity index is 807. The molecule has 110 valence electrons. The van der Waals surface area contributed by atoms with Gasteiger partial charge in [-0.1, -0.05) is 17.7 Å². The maximum atomic E-state index is 12.4. The van der Waals surface area contributed by atoms with E-state index in [1.54, 1.807) is 18.3 Å². The van der Waals surface area contributed by atoms with Crippen LogP contribution in [0.25, 0.3) is 0 Å². The molecule has 0 spiro atoms. The highest BCUT2D eigenvalue weighted by Gasteiger charge is 2.42. The molecule has 1 aliphatic rings. The maximum absolute atomic E-state index is 12.4. The van der Waals surface area contributed by atoms with Crippen molar-refractivity contribution in [2.75, 3.05) is 0 Å². The lowest BCUT2D eigenvalue weighted by atomic mass is 10.1. The molecule has 22 heavy (non-hydrogen) atoms. The van der Waals surface area contributed by atoms with E-state index < -0.39 is 22.4 Å². The summed E-state index contributed by atoms with van der Waals surface area (Å²) >= 11 is 5.94. The maximum Gasteiger partial charge on any atom is 0.283 e. The summed E-state index contributed by atoms with van der Waals surface area (Å²) < 4.78 is 0. The number of aromatic nitrogens is 1. The molecule has 1 aromatic heterocycles. The predicted molar refractivity (Wildman–Crippen MR) is 76.5 cm³/mol. The lowest BCUT2D eigenvalue weighted by Crippen LogP contribution is -2.29. The number of imide groups is 1. The molecule has 0 atom stereocenters. The second-order valence-electron chi connectivity index (χ2n) is 4.63. The van der Waals surface area contributed by atoms with Gasteiger partial charge in [0.15, 0.2) is 0 Å². The lowest BCUT2D eigenvalue weighted by molar-refractivity contribution is -0.385. The van der Waals surface area contributed by atoms with Gasteiger partial charge in [0.2, 0.25) is 0 Å². The van der Waals surface area contributed by atoms with Crippen LogP contribution in [-0.2, 0) is 6.54 Å². The lowest BCUT2D eigenvalue weighted by Gasteiger charge is -2.13. The number of halogens is 1. The topological polar surface area (TPSA) is 93.4 Å². The van der Waals surface area contributed by atoms with Gasteiger partial charge in [-0.3, -0.25) is 29.6 Å². The summed E-state index contributed by atoms with van der Waals surface area (Å²) in [6.07, 6.45) is 3.08. The molecule has 1 aliphatic heterocycles. The third kappa shape index (κ3) is 2.11. The molecule has 2 aromatic rings. The minimum absolute atomic E-state index is 0.0202. The molecule has 1 aromatic carbocycles. The number of carbonyl (C=O) groups excluding carboxylic acids is 2. The van der Waals surface area contributed by atoms with Crippen molar-refractivity contribution < 1.29 is 14.5 Å². The van der Waals surface area contributed by atoms with Crippen molar-refractivity contribution >= 4 is 29.1 Å². The Balaban J connectivity index is 2.07. The molecule has 0 saturated heterocycles. The van der Waals surface area contributed by atoms with Crippen LogP contribution in [0.15, 0.2) is 36.7 Å². The first kappa shape index (κ1) is 14.2. The summed E-state index contributed by atoms with van der Waals surface area (Å²) in [4.78, 5) is 40.0. The summed E-state index contributed by atoms with van der Waals surface area (Å²) in [5, 5.41) is 11.1. The molecule has 0 N–H and O–H groups in total. The number of fused-ring (bicyclic) bond motifs is 1. The fraction of sp³-hybridized carbons (Fsp3) is 0.0714. The molecule has 0 fully saturated rings. The number of nitrogens with zero attached hydrogens (tertiary/aromatic N) is 3. The zero-order valence-corrected chi connectivity index (χ0v) is 11.8. The van der Waals surface area contributed by atoms with Crippen LogP contribution in [0.5, 0.6) is 0 Å². The van der Waals surface area contributed by atoms with Gasteiger partial charge in [0.05, 0.1) is 22.1 Å². The van der Waals surface area contributed by atoms with Crippen molar-refractivity contribution in [1.82, 2.24) is 9.88 Å². The summed E-state index contributed by atoms with van der Waals surface area (Å²) in [5.41, 5.74) is -0.168. The van der Waals surface area contributed by atoms with Crippen molar-refractivity contribution in [3.05, 3.63) is 68.5 Å². The first-order chi connectivity index (χ1) is 10.5. The van der Waals surface area contributed by atoms with E-state index in [1.165, 1.54) is 12.3 Å². The molecule has 7 nitrogen and oxygen atoms in total. The van der Waals surface area contributed by atoms with Crippen molar-refractivity contribution in [2.45, 2.75) is 6.54 Å². The van der Waals surface area contributed by atoms with E-state index in [0.717, 1.165) is 11.0 Å². The fourth-order valence-corrected chi connectivity index (χ4v) is 2.56. The predicted octanol–water partition coefficient (Wildman–Crippen LogP) is 2.44. The molecule has 3 rings (SSSR count). The van der Waals surface area contributed by atoms with Crippen LogP contribution in [0, 0.1) is 10.1 Å². The van der Waals surface area contributed by atoms with Gasteiger partial charge >= 0.3 is 0 Å². The Morgan fingerprint density at radius 3 is 2.55 bits per heavy atom. The second-order valence-corrected chi connectivity index (χ2v) is 5.04. The third-order valence-corrected chi connectivity index (χ3v) is 3.63. The van der Waals surface area contributed by atoms with Gasteiger partial charge in [0.1, 0.15) is 5.56 Å². The molecule has 8 heteroatoms. The Labute approximate surface area is 129 Å². The number of benzene rings is 1. The molecule has 0 bridgehead atoms. The highest BCUT2D eigenvalue weighted by atomic mass is 35.5. The number of nitro benzene ring substituents is 1. The number of hydrogen-bond acceptors (Lipinski definition) is 5. The number of nitro groups is 1. The molecule has 2 heterocycles. The molecule has 0 aliphatic carbocycles. The van der Waals surface area contributed by atoms with E-state index in [9.17, 15) is 19.7 Å². The van der Waals surface area contributed by atoms with Gasteiger partial charge < -0.3 is 0 Å². The largest absolute Gasteiger partial charge is 0.283 e. The number of carbonyl (C=O) groups is 2. The first-order valence-corrected chi connectivity index (χ1v) is 6.60. The quantitative estimate of drug-likeness (QED) is 0.492. The van der Waals surface area contributed by atoms with Crippen LogP contribution >= 0.6 is 11.6 Å². The fourth-order valence-electron chi connectivity index (χ4n) is 2.32. The normalized spacial score (nSPS) is 13.4. The Kier molecular flexibility index (Phi) is 3.34. The first-order valence-electron chi connectivity index (χ1n) is 6.22. The van der Waals surface area contributed by atoms with E-state index in [0.29, 0.717) is 5.56 Å². The van der Waals surface area contributed by atoms with E-state index in [-0.39, 0.29) is 22.7 Å². The zero-order valence-electron chi connectivity index (χ0n) is 11.0. The Hall–Kier alpha value is -2.80. The Morgan fingerprint density at radius 1 is 1.18 bits per heavy atom. The van der Waals surface area contributed by atoms with Gasteiger partial charge in [-0.15, -0.1) is 0 Å². The van der Waals surface area contributed by atoms with Gasteiger partial charge in [-0.05, 0) is 17.7 Å². The van der Waals surface area contributed by atoms with E-state index in [1.807, 2.05) is 0 Å². The summed E-state index contributed by atoms with van der Waals surface area (Å²) in [6.45, 7) is -0.0202. The van der Waals surface area contributed by atoms with Gasteiger partial charge in [0, 0.05) is 18.5 Å². The minimum atomic E-state index is -0.724. The van der Waals surface area contributed by atoms with Crippen molar-refractivity contribution in [3.63, 3.8) is 0 Å². The van der Waals surface area contributed by atoms with E-state index >= 15 is 0 Å². The second kappa shape index (κ2) is 5.19. The minimum Gasteiger partial charge on any atom is -0.270 e. The van der Waals surface area contributed by atoms with E-state index in [4.69, 9.17) is 11.6 Å². The number of amides is 2. The van der Waals surface area contributed by atoms with Crippen LogP contribution in [0.3, 0.4) is 0 Å². The molecule has 0 radical (unpaired) electrons. The van der Waals surface area contributed by atoms with Crippen LogP contribution in [0.4, 0.5) is 5.69 Å². The standard InChI is InChI=1S/C14H8ClN3O4/c15-9-3-4-10(18(21)22)12-11(9)13(19)17(14(12)20)7-8-2-1-5-16-6-8/h1-6H,7H2. The summed E-state index contributed by atoms with van der Waals surface area (Å²) in [5.74, 6) is -1.37. The molecular formula is C14H8ClN3O4. The number of hydrogen-bond donors (Lipinski definition) is 0. The van der Waals surface area contributed by atoms with Crippen molar-refractivity contribution in [1.29, 1.82) is 0 Å². The molecule has 0 unspecified atom stereocenters. The SMILES string of the molecule is O=C1c2c(Cl)ccc([N+](=O)[O-])c2C(=O)N1Cc1cccnc1. The number of pyridine rings is 1. The number of rotatable bonds is 3. The average Bonchev–Trinajstić information content (AvgIpc) is 2.74. The van der Waals surface area contributed by atoms with Crippen LogP contribution in [0.1, 0.15) is 26.3 Å². The average molecular weight is 318 g/mol. The van der Waals surface area contributed by atoms with Crippen molar-refractivity contribution in [2.24, 2.45) is 0 Å². The monoisotopic (exact) mass is 317 g/mol. The van der Waals surface area contributed by atoms with Gasteiger partial charge in [-0.2, -0.15) is 0 Å². The van der Waals surface area contributed by atoms with Crippen molar-refractivity contribution in [3.8, 4) is 0 Å². The Morgan fingerprint density at radius 2 is 1.91 bits per heavy atom. The smallest absolute Gasteiger partial charge is 0.270 e.